The molecule has 6 heterocycles. The molecule has 0 spiro atoms. The molecule has 15 nitrogen and oxygen atoms in total. The van der Waals surface area contributed by atoms with Gasteiger partial charge in [-0.05, 0) is 71.3 Å². The Balaban J connectivity index is 1.21. The molecule has 0 radical (unpaired) electrons. The number of carboxylic acid groups (broad SMARTS) is 3. The normalized spacial score (nSPS) is 15.1. The highest BCUT2D eigenvalue weighted by atomic mass is 32.2. The van der Waals surface area contributed by atoms with Crippen molar-refractivity contribution in [3.05, 3.63) is 107 Å². The number of nitrogens with one attached hydrogen (secondary N) is 1. The van der Waals surface area contributed by atoms with E-state index in [2.05, 4.69) is 36.6 Å². The Kier molecular flexibility index (Phi) is 8.07. The molecular weight excluding hydrogens is 751 g/mol. The summed E-state index contributed by atoms with van der Waals surface area (Å²) in [5, 5.41) is 29.2. The Morgan fingerprint density at radius 1 is 0.593 bits per heavy atom. The maximum Gasteiger partial charge on any atom is 0.338 e. The molecule has 5 aromatic heterocycles. The summed E-state index contributed by atoms with van der Waals surface area (Å²) < 4.78 is 24.9. The second-order valence-corrected chi connectivity index (χ2v) is 13.6. The van der Waals surface area contributed by atoms with E-state index in [1.807, 2.05) is 30.3 Å². The molecule has 18 heteroatoms. The van der Waals surface area contributed by atoms with E-state index in [1.54, 1.807) is 42.7 Å². The number of rotatable bonds is 8. The highest BCUT2D eigenvalue weighted by Gasteiger charge is 2.34. The van der Waals surface area contributed by atoms with Crippen molar-refractivity contribution in [2.24, 2.45) is 4.40 Å². The lowest BCUT2D eigenvalue weighted by Crippen LogP contribution is -2.35. The van der Waals surface area contributed by atoms with Crippen molar-refractivity contribution in [1.29, 1.82) is 0 Å². The zero-order valence-electron chi connectivity index (χ0n) is 27.0. The lowest BCUT2D eigenvalue weighted by Gasteiger charge is -2.20. The Bertz CT molecular complexity index is 2870. The van der Waals surface area contributed by atoms with Crippen molar-refractivity contribution < 1.29 is 29.7 Å². The third-order valence-electron chi connectivity index (χ3n) is 8.95. The highest BCUT2D eigenvalue weighted by molar-refractivity contribution is 7.96. The lowest BCUT2D eigenvalue weighted by molar-refractivity contribution is -0.132. The first-order valence-corrected chi connectivity index (χ1v) is 18.1. The molecule has 54 heavy (non-hydrogen) atoms. The topological polar surface area (TPSA) is 227 Å². The summed E-state index contributed by atoms with van der Waals surface area (Å²) in [6.45, 7) is 0. The van der Waals surface area contributed by atoms with Crippen LogP contribution in [0.1, 0.15) is 26.3 Å². The van der Waals surface area contributed by atoms with Crippen molar-refractivity contribution >= 4 is 86.8 Å². The molecule has 2 aliphatic rings. The number of aliphatic carboxylic acids is 1. The first kappa shape index (κ1) is 33.3. The van der Waals surface area contributed by atoms with Gasteiger partial charge in [0.2, 0.25) is 0 Å². The molecule has 2 aromatic carbocycles. The van der Waals surface area contributed by atoms with Gasteiger partial charge in [0.1, 0.15) is 22.1 Å². The van der Waals surface area contributed by atoms with Gasteiger partial charge < -0.3 is 15.3 Å². The van der Waals surface area contributed by atoms with E-state index < -0.39 is 23.9 Å². The number of aromatic nitrogens is 7. The fourth-order valence-corrected chi connectivity index (χ4v) is 8.26. The predicted octanol–water partition coefficient (Wildman–Crippen LogP) is 6.33. The van der Waals surface area contributed by atoms with Gasteiger partial charge in [0.05, 0.1) is 86.8 Å². The first-order valence-electron chi connectivity index (χ1n) is 15.8. The summed E-state index contributed by atoms with van der Waals surface area (Å²) >= 11 is 2.92. The molecule has 0 amide bonds. The van der Waals surface area contributed by atoms with Crippen LogP contribution in [-0.2, 0) is 4.79 Å². The largest absolute Gasteiger partial charge is 0.478 e. The molecule has 0 saturated heterocycles. The van der Waals surface area contributed by atoms with Crippen LogP contribution in [0.5, 0.6) is 0 Å². The van der Waals surface area contributed by atoms with Gasteiger partial charge in [0.25, 0.3) is 0 Å². The third-order valence-corrected chi connectivity index (χ3v) is 10.6. The van der Waals surface area contributed by atoms with Crippen LogP contribution in [0.4, 0.5) is 0 Å². The minimum atomic E-state index is -1.12. The minimum absolute atomic E-state index is 0.0270. The van der Waals surface area contributed by atoms with Gasteiger partial charge in [-0.15, -0.1) is 0 Å². The van der Waals surface area contributed by atoms with Crippen LogP contribution < -0.4 is 4.72 Å². The van der Waals surface area contributed by atoms with Crippen molar-refractivity contribution in [3.63, 3.8) is 0 Å². The number of benzene rings is 2. The van der Waals surface area contributed by atoms with Gasteiger partial charge in [0, 0.05) is 29.1 Å². The summed E-state index contributed by atoms with van der Waals surface area (Å²) in [6, 6.07) is 16.7. The quantitative estimate of drug-likeness (QED) is 0.124. The Hall–Kier alpha value is -6.60. The minimum Gasteiger partial charge on any atom is -0.478 e. The van der Waals surface area contributed by atoms with Crippen LogP contribution in [0.15, 0.2) is 95.2 Å². The number of aromatic carboxylic acids is 2. The van der Waals surface area contributed by atoms with Crippen LogP contribution in [0, 0.1) is 0 Å². The second kappa shape index (κ2) is 13.1. The smallest absolute Gasteiger partial charge is 0.338 e. The number of carbonyl (C=O) groups is 3. The zero-order valence-corrected chi connectivity index (χ0v) is 29.5. The highest BCUT2D eigenvalue weighted by Crippen LogP contribution is 2.37. The Labute approximate surface area is 315 Å². The maximum atomic E-state index is 12.0. The van der Waals surface area contributed by atoms with E-state index in [4.69, 9.17) is 4.98 Å². The monoisotopic (exact) mass is 769 g/mol. The van der Waals surface area contributed by atoms with Gasteiger partial charge >= 0.3 is 17.9 Å². The summed E-state index contributed by atoms with van der Waals surface area (Å²) in [6.07, 6.45) is 6.55. The van der Waals surface area contributed by atoms with Gasteiger partial charge in [-0.25, -0.2) is 28.5 Å². The average molecular weight is 770 g/mol. The third kappa shape index (κ3) is 5.60. The lowest BCUT2D eigenvalue weighted by atomic mass is 9.88. The molecule has 262 valence electrons. The molecule has 4 N–H and O–H groups in total. The van der Waals surface area contributed by atoms with Crippen LogP contribution in [-0.4, -0.2) is 77.4 Å². The number of pyridine rings is 3. The van der Waals surface area contributed by atoms with Crippen molar-refractivity contribution in [1.82, 2.24) is 37.2 Å². The van der Waals surface area contributed by atoms with Gasteiger partial charge in [-0.2, -0.15) is 17.5 Å². The van der Waals surface area contributed by atoms with Crippen LogP contribution in [0.2, 0.25) is 0 Å². The summed E-state index contributed by atoms with van der Waals surface area (Å²) in [7, 11) is 0. The summed E-state index contributed by atoms with van der Waals surface area (Å²) in [5.74, 6) is -3.26. The van der Waals surface area contributed by atoms with E-state index in [9.17, 15) is 29.7 Å². The van der Waals surface area contributed by atoms with Crippen LogP contribution in [0.3, 0.4) is 0 Å². The summed E-state index contributed by atoms with van der Waals surface area (Å²) in [4.78, 5) is 50.1. The number of nitrogens with zero attached hydrogens (tertiary/aromatic N) is 8. The van der Waals surface area contributed by atoms with Crippen LogP contribution >= 0.6 is 35.6 Å². The number of hydrogen-bond donors (Lipinski definition) is 4. The van der Waals surface area contributed by atoms with Gasteiger partial charge in [0.15, 0.2) is 0 Å². The first-order chi connectivity index (χ1) is 26.2. The maximum absolute atomic E-state index is 12.0. The standard InChI is InChI=1S/C36H19N9O6S3/c46-34(47)21-4-1-18(28-31(21)43-52-40-28)15-7-9-37-24(11-15)26-13-17(20-3-6-23(36(50)51)33-30(20)42-54-45-33)14-27(39-26)25-12-16(8-10-38-25)19-2-5-22(35(48)49)32-29(19)41-53-44-32/h1-14,31,43H,(H,46,47)(H,48,49)(H,50,51). The molecule has 1 aliphatic carbocycles. The van der Waals surface area contributed by atoms with E-state index in [0.29, 0.717) is 61.8 Å². The fraction of sp³-hybridized carbons (Fsp3) is 0.0278. The fourth-order valence-electron chi connectivity index (χ4n) is 6.41. The van der Waals surface area contributed by atoms with E-state index in [1.165, 1.54) is 12.1 Å². The van der Waals surface area contributed by atoms with Crippen molar-refractivity contribution in [3.8, 4) is 45.0 Å². The van der Waals surface area contributed by atoms with E-state index >= 15 is 0 Å². The number of carboxylic acids is 3. The average Bonchev–Trinajstić information content (AvgIpc) is 3.98. The van der Waals surface area contributed by atoms with E-state index in [0.717, 1.165) is 46.7 Å². The van der Waals surface area contributed by atoms with Crippen molar-refractivity contribution in [2.75, 3.05) is 0 Å². The molecule has 9 rings (SSSR count). The zero-order chi connectivity index (χ0) is 37.1. The van der Waals surface area contributed by atoms with Crippen LogP contribution in [0.25, 0.3) is 72.7 Å². The molecule has 1 aliphatic heterocycles. The number of hydrogen-bond acceptors (Lipinski definition) is 15. The summed E-state index contributed by atoms with van der Waals surface area (Å²) in [5.41, 5.74) is 8.24. The molecular formula is C36H19N9O6S3. The Morgan fingerprint density at radius 3 is 1.72 bits per heavy atom. The molecule has 1 atom stereocenters. The molecule has 1 unspecified atom stereocenters. The number of fused-ring (bicyclic) bond motifs is 3. The predicted molar refractivity (Wildman–Crippen MR) is 203 cm³/mol. The molecule has 0 fully saturated rings. The van der Waals surface area contributed by atoms with Gasteiger partial charge in [-0.3, -0.25) is 9.97 Å². The molecule has 0 bridgehead atoms. The SMILES string of the molecule is O=C(O)C1=CC=C(c2ccnc(-c3cc(-c4ccc(C(=O)O)c5nsnc45)cc(-c4cc(-c5ccc(C(=O)O)c6nsnc56)ccn4)n3)c2)C2=NSNC12. The number of allylic oxidation sites excluding steroid dienone is 2. The van der Waals surface area contributed by atoms with E-state index in [-0.39, 0.29) is 27.7 Å². The molecule has 7 aromatic rings. The second-order valence-electron chi connectivity index (χ2n) is 12.0. The Morgan fingerprint density at radius 2 is 1.13 bits per heavy atom. The van der Waals surface area contributed by atoms with Gasteiger partial charge in [-0.1, -0.05) is 18.2 Å². The van der Waals surface area contributed by atoms with Crippen molar-refractivity contribution in [2.45, 2.75) is 6.04 Å². The molecule has 0 saturated carbocycles.